The number of anilines is 1. The number of ether oxygens (including phenoxy) is 2. The molecule has 1 N–H and O–H groups in total. The van der Waals surface area contributed by atoms with Crippen molar-refractivity contribution in [2.75, 3.05) is 12.0 Å². The van der Waals surface area contributed by atoms with Crippen LogP contribution in [0.1, 0.15) is 45.6 Å². The Kier molecular flexibility index (Phi) is 5.95. The van der Waals surface area contributed by atoms with E-state index in [0.29, 0.717) is 33.8 Å². The summed E-state index contributed by atoms with van der Waals surface area (Å²) in [6.07, 6.45) is 0.688. The first-order chi connectivity index (χ1) is 18.7. The fraction of sp³-hybridized carbons (Fsp3) is 0.200. The number of hydrogen-bond donors (Lipinski definition) is 1. The fourth-order valence-electron chi connectivity index (χ4n) is 5.11. The minimum absolute atomic E-state index is 0.0129. The van der Waals surface area contributed by atoms with Crippen molar-refractivity contribution in [2.24, 2.45) is 0 Å². The molecule has 4 aromatic rings. The number of carbonyl (C=O) groups excluding carboxylic acids is 3. The van der Waals surface area contributed by atoms with E-state index in [-0.39, 0.29) is 17.4 Å². The number of Topliss-reactive ketones (excluding diaryl/α,β-unsaturated/α-hetero) is 1. The Morgan fingerprint density at radius 2 is 1.82 bits per heavy atom. The highest BCUT2D eigenvalue weighted by Crippen LogP contribution is 2.45. The van der Waals surface area contributed by atoms with Gasteiger partial charge in [0.2, 0.25) is 0 Å². The van der Waals surface area contributed by atoms with Gasteiger partial charge in [-0.05, 0) is 73.0 Å². The number of aliphatic hydroxyl groups excluding tert-OH is 1. The minimum atomic E-state index is -0.957. The first-order valence-electron chi connectivity index (χ1n) is 12.4. The van der Waals surface area contributed by atoms with Crippen molar-refractivity contribution in [3.05, 3.63) is 94.1 Å². The molecule has 0 spiro atoms. The molecular formula is C30H24N2O6S. The fourth-order valence-corrected chi connectivity index (χ4v) is 6.20. The predicted octanol–water partition coefficient (Wildman–Crippen LogP) is 5.34. The van der Waals surface area contributed by atoms with E-state index < -0.39 is 23.7 Å². The Bertz CT molecular complexity index is 1700. The van der Waals surface area contributed by atoms with E-state index in [2.05, 4.69) is 4.98 Å². The molecule has 1 aromatic heterocycles. The molecule has 0 radical (unpaired) electrons. The number of methoxy groups -OCH3 is 1. The number of aliphatic hydroxyl groups is 1. The molecular weight excluding hydrogens is 516 g/mol. The van der Waals surface area contributed by atoms with Gasteiger partial charge >= 0.3 is 11.9 Å². The van der Waals surface area contributed by atoms with Crippen LogP contribution in [0.15, 0.2) is 66.2 Å². The number of benzene rings is 3. The van der Waals surface area contributed by atoms with E-state index in [0.717, 1.165) is 21.6 Å². The van der Waals surface area contributed by atoms with Crippen molar-refractivity contribution in [2.45, 2.75) is 32.4 Å². The van der Waals surface area contributed by atoms with Gasteiger partial charge in [0.05, 0.1) is 34.5 Å². The van der Waals surface area contributed by atoms with Crippen molar-refractivity contribution < 1.29 is 29.0 Å². The monoisotopic (exact) mass is 540 g/mol. The summed E-state index contributed by atoms with van der Waals surface area (Å²) in [6, 6.07) is 16.5. The molecule has 2 aliphatic heterocycles. The van der Waals surface area contributed by atoms with Crippen LogP contribution in [0.25, 0.3) is 16.0 Å². The van der Waals surface area contributed by atoms with Gasteiger partial charge in [0.25, 0.3) is 5.78 Å². The smallest absolute Gasteiger partial charge is 0.337 e. The number of fused-ring (bicyclic) bond motifs is 2. The minimum Gasteiger partial charge on any atom is -0.507 e. The highest BCUT2D eigenvalue weighted by atomic mass is 32.1. The standard InChI is InChI=1S/C30H24N2O6S/c1-15-4-10-21-23(12-15)39-30(31-21)32-25(17-5-7-18(8-6-17)29(36)37-3)24(27(34)28(32)35)26(33)19-9-11-22-20(14-19)13-16(2)38-22/h4-12,14,16,25,33H,13H2,1-3H3/t16-,25+/m1/s1. The largest absolute Gasteiger partial charge is 0.507 e. The number of aryl methyl sites for hydroxylation is 1. The van der Waals surface area contributed by atoms with Gasteiger partial charge < -0.3 is 14.6 Å². The SMILES string of the molecule is COC(=O)c1ccc([C@H]2C(=C(O)c3ccc4c(c3)C[C@@H](C)O4)C(=O)C(=O)N2c2nc3ccc(C)cc3s2)cc1. The highest BCUT2D eigenvalue weighted by molar-refractivity contribution is 7.22. The van der Waals surface area contributed by atoms with Crippen LogP contribution >= 0.6 is 11.3 Å². The van der Waals surface area contributed by atoms with E-state index in [4.69, 9.17) is 9.47 Å². The maximum Gasteiger partial charge on any atom is 0.337 e. The summed E-state index contributed by atoms with van der Waals surface area (Å²) in [7, 11) is 1.29. The average Bonchev–Trinajstić information content (AvgIpc) is 3.59. The van der Waals surface area contributed by atoms with Gasteiger partial charge in [-0.1, -0.05) is 29.5 Å². The van der Waals surface area contributed by atoms with Gasteiger partial charge in [0, 0.05) is 12.0 Å². The van der Waals surface area contributed by atoms with Crippen LogP contribution in [0.5, 0.6) is 5.75 Å². The van der Waals surface area contributed by atoms with Crippen LogP contribution in [0, 0.1) is 6.92 Å². The second-order valence-corrected chi connectivity index (χ2v) is 10.7. The summed E-state index contributed by atoms with van der Waals surface area (Å²) in [4.78, 5) is 45.1. The number of thiazole rings is 1. The van der Waals surface area contributed by atoms with Crippen LogP contribution in [-0.2, 0) is 20.7 Å². The summed E-state index contributed by atoms with van der Waals surface area (Å²) in [5.41, 5.74) is 3.90. The van der Waals surface area contributed by atoms with Gasteiger partial charge in [-0.3, -0.25) is 14.5 Å². The van der Waals surface area contributed by atoms with Gasteiger partial charge in [-0.25, -0.2) is 9.78 Å². The second-order valence-electron chi connectivity index (χ2n) is 9.71. The highest BCUT2D eigenvalue weighted by Gasteiger charge is 2.48. The summed E-state index contributed by atoms with van der Waals surface area (Å²) in [5, 5.41) is 11.8. The van der Waals surface area contributed by atoms with Crippen LogP contribution in [-0.4, -0.2) is 41.0 Å². The van der Waals surface area contributed by atoms with Crippen molar-refractivity contribution in [1.82, 2.24) is 4.98 Å². The molecule has 9 heteroatoms. The molecule has 8 nitrogen and oxygen atoms in total. The van der Waals surface area contributed by atoms with Crippen molar-refractivity contribution in [3.63, 3.8) is 0 Å². The zero-order valence-electron chi connectivity index (χ0n) is 21.4. The van der Waals surface area contributed by atoms with E-state index in [9.17, 15) is 19.5 Å². The Balaban J connectivity index is 1.52. The van der Waals surface area contributed by atoms with E-state index >= 15 is 0 Å². The zero-order valence-corrected chi connectivity index (χ0v) is 22.2. The number of ketones is 1. The molecule has 3 aromatic carbocycles. The molecule has 2 atom stereocenters. The van der Waals surface area contributed by atoms with Crippen LogP contribution in [0.2, 0.25) is 0 Å². The van der Waals surface area contributed by atoms with Gasteiger partial charge in [-0.2, -0.15) is 0 Å². The molecule has 3 heterocycles. The van der Waals surface area contributed by atoms with Crippen molar-refractivity contribution in [1.29, 1.82) is 0 Å². The van der Waals surface area contributed by atoms with Crippen LogP contribution in [0.4, 0.5) is 5.13 Å². The number of amides is 1. The number of nitrogens with zero attached hydrogens (tertiary/aromatic N) is 2. The van der Waals surface area contributed by atoms with Crippen LogP contribution < -0.4 is 9.64 Å². The van der Waals surface area contributed by atoms with Gasteiger partial charge in [-0.15, -0.1) is 0 Å². The van der Waals surface area contributed by atoms with Crippen LogP contribution in [0.3, 0.4) is 0 Å². The Hall–Kier alpha value is -4.50. The van der Waals surface area contributed by atoms with Crippen molar-refractivity contribution in [3.8, 4) is 5.75 Å². The molecule has 1 fully saturated rings. The lowest BCUT2D eigenvalue weighted by molar-refractivity contribution is -0.132. The normalized spacial score (nSPS) is 19.8. The van der Waals surface area contributed by atoms with E-state index in [1.165, 1.54) is 23.3 Å². The van der Waals surface area contributed by atoms with Gasteiger partial charge in [0.15, 0.2) is 5.13 Å². The third-order valence-electron chi connectivity index (χ3n) is 7.00. The third-order valence-corrected chi connectivity index (χ3v) is 8.02. The zero-order chi connectivity index (χ0) is 27.4. The number of carbonyl (C=O) groups is 3. The molecule has 0 aliphatic carbocycles. The Morgan fingerprint density at radius 1 is 1.08 bits per heavy atom. The first-order valence-corrected chi connectivity index (χ1v) is 13.2. The lowest BCUT2D eigenvalue weighted by atomic mass is 9.94. The molecule has 6 rings (SSSR count). The number of rotatable bonds is 4. The summed E-state index contributed by atoms with van der Waals surface area (Å²) in [6.45, 7) is 3.93. The topological polar surface area (TPSA) is 106 Å². The molecule has 39 heavy (non-hydrogen) atoms. The molecule has 0 bridgehead atoms. The lowest BCUT2D eigenvalue weighted by Gasteiger charge is -2.23. The second kappa shape index (κ2) is 9.36. The molecule has 196 valence electrons. The van der Waals surface area contributed by atoms with E-state index in [1.54, 1.807) is 42.5 Å². The lowest BCUT2D eigenvalue weighted by Crippen LogP contribution is -2.29. The number of aromatic nitrogens is 1. The predicted molar refractivity (Wildman–Crippen MR) is 147 cm³/mol. The Morgan fingerprint density at radius 3 is 2.56 bits per heavy atom. The van der Waals surface area contributed by atoms with Gasteiger partial charge in [0.1, 0.15) is 17.6 Å². The summed E-state index contributed by atoms with van der Waals surface area (Å²) < 4.78 is 11.5. The molecule has 0 saturated carbocycles. The quantitative estimate of drug-likeness (QED) is 0.161. The average molecular weight is 541 g/mol. The molecule has 1 amide bonds. The van der Waals surface area contributed by atoms with Crippen molar-refractivity contribution >= 4 is 50.1 Å². The first kappa shape index (κ1) is 24.8. The summed E-state index contributed by atoms with van der Waals surface area (Å²) in [5.74, 6) is -1.65. The maximum absolute atomic E-state index is 13.5. The molecule has 1 saturated heterocycles. The molecule has 0 unspecified atom stereocenters. The summed E-state index contributed by atoms with van der Waals surface area (Å²) >= 11 is 1.30. The molecule has 2 aliphatic rings. The number of esters is 1. The Labute approximate surface area is 228 Å². The third kappa shape index (κ3) is 4.15. The number of hydrogen-bond acceptors (Lipinski definition) is 8. The van der Waals surface area contributed by atoms with E-state index in [1.807, 2.05) is 32.0 Å². The maximum atomic E-state index is 13.5.